The van der Waals surface area contributed by atoms with Gasteiger partial charge in [0.2, 0.25) is 8.52 Å². The second kappa shape index (κ2) is 5.07. The molecule has 0 radical (unpaired) electrons. The fourth-order valence-electron chi connectivity index (χ4n) is 0.276. The lowest BCUT2D eigenvalue weighted by molar-refractivity contribution is 1.45. The van der Waals surface area contributed by atoms with Gasteiger partial charge in [-0.3, -0.25) is 0 Å². The summed E-state index contributed by atoms with van der Waals surface area (Å²) in [5, 5.41) is 0. The molecule has 0 fully saturated rings. The molecule has 5 nitrogen and oxygen atoms in total. The van der Waals surface area contributed by atoms with Crippen molar-refractivity contribution in [3.8, 4) is 0 Å². The van der Waals surface area contributed by atoms with Crippen LogP contribution in [0, 0.1) is 0 Å². The van der Waals surface area contributed by atoms with Crippen molar-refractivity contribution < 1.29 is 0 Å². The van der Waals surface area contributed by atoms with Gasteiger partial charge in [0.1, 0.15) is 0 Å². The van der Waals surface area contributed by atoms with Gasteiger partial charge < -0.3 is 0 Å². The van der Waals surface area contributed by atoms with Crippen LogP contribution in [0.15, 0.2) is 18.3 Å². The molecule has 1 N–H and O–H groups in total. The van der Waals surface area contributed by atoms with Crippen LogP contribution in [0.3, 0.4) is 0 Å². The average molecular weight is 210 g/mol. The quantitative estimate of drug-likeness (QED) is 0.606. The lowest BCUT2D eigenvalue weighted by Crippen LogP contribution is -1.76. The summed E-state index contributed by atoms with van der Waals surface area (Å²) in [5.74, 6) is 0. The standard InChI is InChI=1S/CH4N5P4/c1-2-10-5-8-3-7-4-9-6-10/h1H3,(H,2,3,4,5,6)/q+1. The van der Waals surface area contributed by atoms with Crippen LogP contribution in [-0.2, 0) is 0 Å². The fourth-order valence-corrected chi connectivity index (χ4v) is 3.85. The molecule has 0 amide bonds. The Balaban J connectivity index is 2.74. The molecule has 1 rings (SSSR count). The van der Waals surface area contributed by atoms with Crippen LogP contribution in [-0.4, -0.2) is 7.05 Å². The molecule has 0 saturated heterocycles. The Morgan fingerprint density at radius 3 is 3.10 bits per heavy atom. The molecule has 10 heavy (non-hydrogen) atoms. The monoisotopic (exact) mass is 210 g/mol. The third-order valence-corrected chi connectivity index (χ3v) is 4.38. The van der Waals surface area contributed by atoms with Crippen molar-refractivity contribution in [2.45, 2.75) is 0 Å². The predicted molar refractivity (Wildman–Crippen MR) is 46.5 cm³/mol. The largest absolute Gasteiger partial charge is 0.464 e. The minimum Gasteiger partial charge on any atom is -0.170 e. The van der Waals surface area contributed by atoms with Crippen LogP contribution < -0.4 is 4.86 Å². The van der Waals surface area contributed by atoms with Crippen LogP contribution in [0.1, 0.15) is 0 Å². The van der Waals surface area contributed by atoms with Crippen LogP contribution in [0.25, 0.3) is 0 Å². The first-order valence-corrected chi connectivity index (χ1v) is 5.99. The number of rotatable bonds is 0. The molecular formula is CH4N5P4+. The van der Waals surface area contributed by atoms with E-state index in [4.69, 9.17) is 0 Å². The number of nitrogens with one attached hydrogen (secondary N) is 1. The lowest BCUT2D eigenvalue weighted by Gasteiger charge is -1.78. The first-order chi connectivity index (χ1) is 4.93. The van der Waals surface area contributed by atoms with Gasteiger partial charge in [0.15, 0.2) is 17.0 Å². The molecule has 52 valence electrons. The molecular weight excluding hydrogens is 206 g/mol. The van der Waals surface area contributed by atoms with Gasteiger partial charge in [-0.1, -0.05) is 4.74 Å². The highest BCUT2D eigenvalue weighted by Crippen LogP contribution is 2.34. The third kappa shape index (κ3) is 2.96. The molecule has 0 aromatic rings. The Labute approximate surface area is 64.4 Å². The van der Waals surface area contributed by atoms with Gasteiger partial charge in [-0.15, -0.1) is 0 Å². The highest BCUT2D eigenvalue weighted by atomic mass is 31.2. The van der Waals surface area contributed by atoms with E-state index in [1.807, 2.05) is 0 Å². The van der Waals surface area contributed by atoms with E-state index >= 15 is 0 Å². The first kappa shape index (κ1) is 8.46. The minimum absolute atomic E-state index is 0.730. The number of hydrogen-bond acceptors (Lipinski definition) is 3. The van der Waals surface area contributed by atoms with Crippen molar-refractivity contribution in [2.24, 2.45) is 18.3 Å². The first-order valence-electron chi connectivity index (χ1n) is 2.29. The van der Waals surface area contributed by atoms with Crippen molar-refractivity contribution >= 4 is 33.6 Å². The van der Waals surface area contributed by atoms with Gasteiger partial charge >= 0.3 is 8.01 Å². The molecule has 0 aromatic carbocycles. The summed E-state index contributed by atoms with van der Waals surface area (Å²) in [6.07, 6.45) is 0. The zero-order chi connectivity index (χ0) is 7.23. The van der Waals surface area contributed by atoms with Crippen LogP contribution in [0.4, 0.5) is 0 Å². The van der Waals surface area contributed by atoms with Crippen molar-refractivity contribution in [3.63, 3.8) is 0 Å². The zero-order valence-corrected chi connectivity index (χ0v) is 8.66. The third-order valence-electron chi connectivity index (χ3n) is 0.613. The summed E-state index contributed by atoms with van der Waals surface area (Å²) < 4.78 is 16.1. The fraction of sp³-hybridized carbons (Fsp3) is 1.00. The van der Waals surface area contributed by atoms with E-state index in [1.165, 1.54) is 0 Å². The molecule has 1 heterocycles. The van der Waals surface area contributed by atoms with E-state index in [0.29, 0.717) is 0 Å². The van der Waals surface area contributed by atoms with E-state index < -0.39 is 8.01 Å². The smallest absolute Gasteiger partial charge is 0.170 e. The van der Waals surface area contributed by atoms with E-state index in [0.717, 1.165) is 25.6 Å². The molecule has 0 saturated carbocycles. The molecule has 1 aliphatic heterocycles. The van der Waals surface area contributed by atoms with Crippen LogP contribution in [0.2, 0.25) is 0 Å². The van der Waals surface area contributed by atoms with E-state index in [9.17, 15) is 0 Å². The number of nitrogens with zero attached hydrogens (tertiary/aromatic N) is 4. The SMILES string of the molecule is CN=[P+]1N=PN=PN=PN1. The average Bonchev–Trinajstić information content (AvgIpc) is 1.87. The normalized spacial score (nSPS) is 25.9. The summed E-state index contributed by atoms with van der Waals surface area (Å²) in [6.45, 7) is 0. The summed E-state index contributed by atoms with van der Waals surface area (Å²) in [5.41, 5.74) is 0. The molecule has 0 bridgehead atoms. The highest BCUT2D eigenvalue weighted by molar-refractivity contribution is 7.59. The van der Waals surface area contributed by atoms with Gasteiger partial charge in [0.05, 0.1) is 7.05 Å². The van der Waals surface area contributed by atoms with E-state index in [-0.39, 0.29) is 0 Å². The number of hydrogen-bond donors (Lipinski definition) is 1. The highest BCUT2D eigenvalue weighted by Gasteiger charge is 2.07. The summed E-state index contributed by atoms with van der Waals surface area (Å²) in [6, 6.07) is 0. The topological polar surface area (TPSA) is 61.5 Å². The maximum absolute atomic E-state index is 4.12. The van der Waals surface area contributed by atoms with Gasteiger partial charge in [-0.05, 0) is 4.86 Å². The van der Waals surface area contributed by atoms with E-state index in [2.05, 4.69) is 23.1 Å². The lowest BCUT2D eigenvalue weighted by atomic mass is 11.6. The van der Waals surface area contributed by atoms with Crippen LogP contribution >= 0.6 is 33.6 Å². The summed E-state index contributed by atoms with van der Waals surface area (Å²) >= 11 is 0. The second-order valence-corrected chi connectivity index (χ2v) is 5.62. The minimum atomic E-state index is -0.730. The Morgan fingerprint density at radius 2 is 2.30 bits per heavy atom. The van der Waals surface area contributed by atoms with Crippen molar-refractivity contribution in [2.75, 3.05) is 7.05 Å². The van der Waals surface area contributed by atoms with Gasteiger partial charge in [0, 0.05) is 4.52 Å². The van der Waals surface area contributed by atoms with Gasteiger partial charge in [-0.25, -0.2) is 0 Å². The Kier molecular flexibility index (Phi) is 4.29. The molecule has 0 spiro atoms. The van der Waals surface area contributed by atoms with Crippen molar-refractivity contribution in [3.05, 3.63) is 0 Å². The second-order valence-electron chi connectivity index (χ2n) is 1.14. The molecule has 1 aliphatic rings. The van der Waals surface area contributed by atoms with Crippen molar-refractivity contribution in [1.29, 1.82) is 0 Å². The summed E-state index contributed by atoms with van der Waals surface area (Å²) in [4.78, 5) is 3.03. The van der Waals surface area contributed by atoms with Crippen molar-refractivity contribution in [1.82, 2.24) is 4.86 Å². The molecule has 1 atom stereocenters. The maximum Gasteiger partial charge on any atom is 0.464 e. The molecule has 1 unspecified atom stereocenters. The molecule has 0 aliphatic carbocycles. The van der Waals surface area contributed by atoms with E-state index in [1.54, 1.807) is 7.05 Å². The Morgan fingerprint density at radius 1 is 1.40 bits per heavy atom. The Bertz CT molecular complexity index is 216. The maximum atomic E-state index is 4.12. The van der Waals surface area contributed by atoms with Crippen LogP contribution in [0.5, 0.6) is 0 Å². The summed E-state index contributed by atoms with van der Waals surface area (Å²) in [7, 11) is 3.32. The molecule has 9 heteroatoms. The van der Waals surface area contributed by atoms with Gasteiger partial charge in [0.25, 0.3) is 0 Å². The molecule has 0 aromatic heterocycles. The Hall–Kier alpha value is 0.360. The zero-order valence-electron chi connectivity index (χ0n) is 5.08. The predicted octanol–water partition coefficient (Wildman–Crippen LogP) is 3.85. The van der Waals surface area contributed by atoms with Gasteiger partial charge in [-0.2, -0.15) is 9.03 Å².